The summed E-state index contributed by atoms with van der Waals surface area (Å²) >= 11 is 9.40. The van der Waals surface area contributed by atoms with Crippen LogP contribution in [0.4, 0.5) is 5.69 Å². The third-order valence-corrected chi connectivity index (χ3v) is 4.76. The number of carboxylic acids is 1. The van der Waals surface area contributed by atoms with E-state index in [-0.39, 0.29) is 10.6 Å². The van der Waals surface area contributed by atoms with Crippen molar-refractivity contribution in [2.24, 2.45) is 0 Å². The Hall–Kier alpha value is -2.50. The van der Waals surface area contributed by atoms with Gasteiger partial charge in [-0.05, 0) is 42.0 Å². The molecule has 6 heteroatoms. The molecule has 0 unspecified atom stereocenters. The minimum absolute atomic E-state index is 0.0662. The maximum absolute atomic E-state index is 11.2. The minimum atomic E-state index is -1.06. The van der Waals surface area contributed by atoms with Gasteiger partial charge < -0.3 is 15.2 Å². The zero-order chi connectivity index (χ0) is 19.2. The number of halogens is 2. The van der Waals surface area contributed by atoms with Gasteiger partial charge in [0.15, 0.2) is 0 Å². The van der Waals surface area contributed by atoms with Crippen molar-refractivity contribution in [2.45, 2.75) is 13.2 Å². The van der Waals surface area contributed by atoms with Crippen molar-refractivity contribution >= 4 is 39.2 Å². The van der Waals surface area contributed by atoms with Gasteiger partial charge in [-0.15, -0.1) is 0 Å². The summed E-state index contributed by atoms with van der Waals surface area (Å²) in [5, 5.41) is 12.6. The molecule has 0 aliphatic carbocycles. The van der Waals surface area contributed by atoms with Gasteiger partial charge in [-0.3, -0.25) is 0 Å². The van der Waals surface area contributed by atoms with Crippen molar-refractivity contribution in [1.82, 2.24) is 0 Å². The second kappa shape index (κ2) is 8.93. The Morgan fingerprint density at radius 3 is 2.59 bits per heavy atom. The molecule has 0 heterocycles. The predicted molar refractivity (Wildman–Crippen MR) is 111 cm³/mol. The molecule has 27 heavy (non-hydrogen) atoms. The molecule has 0 aliphatic rings. The van der Waals surface area contributed by atoms with Crippen molar-refractivity contribution in [3.05, 3.63) is 92.9 Å². The van der Waals surface area contributed by atoms with E-state index in [0.717, 1.165) is 21.3 Å². The summed E-state index contributed by atoms with van der Waals surface area (Å²) in [5.41, 5.74) is 2.78. The molecule has 2 N–H and O–H groups in total. The third-order valence-electron chi connectivity index (χ3n) is 3.94. The molecule has 0 aliphatic heterocycles. The fourth-order valence-corrected chi connectivity index (χ4v) is 3.17. The molecule has 0 saturated heterocycles. The molecular weight excluding hydrogens is 430 g/mol. The van der Waals surface area contributed by atoms with Crippen LogP contribution < -0.4 is 10.1 Å². The Morgan fingerprint density at radius 2 is 1.85 bits per heavy atom. The molecule has 0 bridgehead atoms. The van der Waals surface area contributed by atoms with Crippen LogP contribution in [-0.4, -0.2) is 11.1 Å². The molecular formula is C21H17BrClNO3. The highest BCUT2D eigenvalue weighted by Crippen LogP contribution is 2.26. The number of anilines is 1. The molecule has 0 spiro atoms. The van der Waals surface area contributed by atoms with Crippen LogP contribution in [0.5, 0.6) is 5.75 Å². The molecule has 0 aromatic heterocycles. The van der Waals surface area contributed by atoms with E-state index in [0.29, 0.717) is 18.8 Å². The van der Waals surface area contributed by atoms with E-state index in [1.54, 1.807) is 12.1 Å². The fourth-order valence-electron chi connectivity index (χ4n) is 2.56. The van der Waals surface area contributed by atoms with E-state index in [1.807, 2.05) is 48.5 Å². The van der Waals surface area contributed by atoms with Crippen molar-refractivity contribution in [1.29, 1.82) is 0 Å². The lowest BCUT2D eigenvalue weighted by atomic mass is 10.1. The second-order valence-electron chi connectivity index (χ2n) is 5.88. The first kappa shape index (κ1) is 19.3. The molecule has 0 fully saturated rings. The van der Waals surface area contributed by atoms with E-state index >= 15 is 0 Å². The van der Waals surface area contributed by atoms with Crippen molar-refractivity contribution in [3.8, 4) is 5.75 Å². The van der Waals surface area contributed by atoms with Crippen LogP contribution in [0.3, 0.4) is 0 Å². The second-order valence-corrected chi connectivity index (χ2v) is 7.20. The highest BCUT2D eigenvalue weighted by Gasteiger charge is 2.10. The standard InChI is InChI=1S/C21H17BrClNO3/c22-16-6-9-20(27-13-14-4-2-1-3-5-14)15(10-16)12-24-17-7-8-19(23)18(11-17)21(25)26/h1-11,24H,12-13H2,(H,25,26). The summed E-state index contributed by atoms with van der Waals surface area (Å²) in [7, 11) is 0. The average molecular weight is 447 g/mol. The number of rotatable bonds is 7. The van der Waals surface area contributed by atoms with Gasteiger partial charge in [0, 0.05) is 22.3 Å². The number of ether oxygens (including phenoxy) is 1. The van der Waals surface area contributed by atoms with Gasteiger partial charge in [-0.2, -0.15) is 0 Å². The SMILES string of the molecule is O=C(O)c1cc(NCc2cc(Br)ccc2OCc2ccccc2)ccc1Cl. The van der Waals surface area contributed by atoms with Crippen molar-refractivity contribution in [3.63, 3.8) is 0 Å². The van der Waals surface area contributed by atoms with Gasteiger partial charge in [-0.1, -0.05) is 57.9 Å². The first-order valence-corrected chi connectivity index (χ1v) is 9.42. The lowest BCUT2D eigenvalue weighted by molar-refractivity contribution is 0.0697. The molecule has 0 atom stereocenters. The predicted octanol–water partition coefficient (Wildman–Crippen LogP) is 5.99. The van der Waals surface area contributed by atoms with Crippen molar-refractivity contribution < 1.29 is 14.6 Å². The number of hydrogen-bond acceptors (Lipinski definition) is 3. The van der Waals surface area contributed by atoms with E-state index in [1.165, 1.54) is 6.07 Å². The normalized spacial score (nSPS) is 10.4. The summed E-state index contributed by atoms with van der Waals surface area (Å²) in [4.78, 5) is 11.2. The average Bonchev–Trinajstić information content (AvgIpc) is 2.67. The molecule has 0 radical (unpaired) electrons. The van der Waals surface area contributed by atoms with Gasteiger partial charge in [0.2, 0.25) is 0 Å². The summed E-state index contributed by atoms with van der Waals surface area (Å²) in [6.45, 7) is 0.948. The maximum atomic E-state index is 11.2. The van der Waals surface area contributed by atoms with E-state index in [4.69, 9.17) is 16.3 Å². The quantitative estimate of drug-likeness (QED) is 0.468. The van der Waals surface area contributed by atoms with Crippen LogP contribution in [0.1, 0.15) is 21.5 Å². The topological polar surface area (TPSA) is 58.6 Å². The van der Waals surface area contributed by atoms with Crippen molar-refractivity contribution in [2.75, 3.05) is 5.32 Å². The Kier molecular flexibility index (Phi) is 6.37. The first-order chi connectivity index (χ1) is 13.0. The Balaban J connectivity index is 1.73. The minimum Gasteiger partial charge on any atom is -0.489 e. The number of hydrogen-bond donors (Lipinski definition) is 2. The summed E-state index contributed by atoms with van der Waals surface area (Å²) in [5.74, 6) is -0.292. The monoisotopic (exact) mass is 445 g/mol. The van der Waals surface area contributed by atoms with E-state index in [2.05, 4.69) is 21.2 Å². The van der Waals surface area contributed by atoms with Crippen LogP contribution in [0.15, 0.2) is 71.2 Å². The van der Waals surface area contributed by atoms with Crippen LogP contribution in [-0.2, 0) is 13.2 Å². The Bertz CT molecular complexity index is 947. The van der Waals surface area contributed by atoms with Gasteiger partial charge >= 0.3 is 5.97 Å². The van der Waals surface area contributed by atoms with Crippen LogP contribution >= 0.6 is 27.5 Å². The van der Waals surface area contributed by atoms with Gasteiger partial charge in [0.05, 0.1) is 10.6 Å². The molecule has 4 nitrogen and oxygen atoms in total. The summed E-state index contributed by atoms with van der Waals surface area (Å²) in [6, 6.07) is 20.6. The molecule has 3 aromatic carbocycles. The molecule has 138 valence electrons. The highest BCUT2D eigenvalue weighted by atomic mass is 79.9. The number of aromatic carboxylic acids is 1. The number of carboxylic acid groups (broad SMARTS) is 1. The zero-order valence-corrected chi connectivity index (χ0v) is 16.6. The number of nitrogens with one attached hydrogen (secondary N) is 1. The molecule has 0 amide bonds. The Labute approximate surface area is 170 Å². The third kappa shape index (κ3) is 5.25. The smallest absolute Gasteiger partial charge is 0.337 e. The molecule has 3 aromatic rings. The summed E-state index contributed by atoms with van der Waals surface area (Å²) in [6.07, 6.45) is 0. The van der Waals surface area contributed by atoms with Gasteiger partial charge in [0.1, 0.15) is 12.4 Å². The molecule has 3 rings (SSSR count). The van der Waals surface area contributed by atoms with Gasteiger partial charge in [0.25, 0.3) is 0 Å². The zero-order valence-electron chi connectivity index (χ0n) is 14.3. The number of benzene rings is 3. The van der Waals surface area contributed by atoms with Crippen LogP contribution in [0, 0.1) is 0 Å². The number of carbonyl (C=O) groups is 1. The fraction of sp³-hybridized carbons (Fsp3) is 0.0952. The van der Waals surface area contributed by atoms with E-state index in [9.17, 15) is 9.90 Å². The Morgan fingerprint density at radius 1 is 1.07 bits per heavy atom. The lowest BCUT2D eigenvalue weighted by Crippen LogP contribution is -2.05. The summed E-state index contributed by atoms with van der Waals surface area (Å²) < 4.78 is 6.91. The maximum Gasteiger partial charge on any atom is 0.337 e. The van der Waals surface area contributed by atoms with E-state index < -0.39 is 5.97 Å². The highest BCUT2D eigenvalue weighted by molar-refractivity contribution is 9.10. The first-order valence-electron chi connectivity index (χ1n) is 8.25. The largest absolute Gasteiger partial charge is 0.489 e. The van der Waals surface area contributed by atoms with Gasteiger partial charge in [-0.25, -0.2) is 4.79 Å². The van der Waals surface area contributed by atoms with Crippen LogP contribution in [0.25, 0.3) is 0 Å². The lowest BCUT2D eigenvalue weighted by Gasteiger charge is -2.14. The van der Waals surface area contributed by atoms with Crippen LogP contribution in [0.2, 0.25) is 5.02 Å². The molecule has 0 saturated carbocycles.